The van der Waals surface area contributed by atoms with E-state index in [1.165, 1.54) is 10.6 Å². The second-order valence-electron chi connectivity index (χ2n) is 7.82. The molecule has 1 heterocycles. The first-order valence-corrected chi connectivity index (χ1v) is 10.4. The van der Waals surface area contributed by atoms with Crippen LogP contribution in [0.2, 0.25) is 0 Å². The molecule has 1 aliphatic heterocycles. The van der Waals surface area contributed by atoms with Gasteiger partial charge in [0.05, 0.1) is 30.7 Å². The molecule has 5 nitrogen and oxygen atoms in total. The van der Waals surface area contributed by atoms with Crippen molar-refractivity contribution in [3.05, 3.63) is 59.2 Å². The fourth-order valence-corrected chi connectivity index (χ4v) is 3.20. The Kier molecular flexibility index (Phi) is 6.93. The van der Waals surface area contributed by atoms with Crippen molar-refractivity contribution in [1.82, 2.24) is 0 Å². The van der Waals surface area contributed by atoms with Crippen LogP contribution in [0.1, 0.15) is 45.2 Å². The Balaban J connectivity index is 1.80. The molecule has 2 aromatic carbocycles. The standard InChI is InChI=1S/C25H30N2O3/c1-6-19-7-10-21(11-8-19)27-25(28)22(18(4)26-27)15-20-9-12-23(24(16-20)29-5)30-14-13-17(2)3/h7-12,15-17H,6,13-14H2,1-5H3/b22-15-. The van der Waals surface area contributed by atoms with Crippen molar-refractivity contribution in [2.24, 2.45) is 11.0 Å². The van der Waals surface area contributed by atoms with Gasteiger partial charge in [-0.1, -0.05) is 39.0 Å². The first-order valence-electron chi connectivity index (χ1n) is 10.4. The molecule has 0 saturated heterocycles. The van der Waals surface area contributed by atoms with Gasteiger partial charge in [0, 0.05) is 0 Å². The van der Waals surface area contributed by atoms with Crippen LogP contribution in [-0.2, 0) is 11.2 Å². The minimum Gasteiger partial charge on any atom is -0.493 e. The van der Waals surface area contributed by atoms with E-state index in [2.05, 4.69) is 25.9 Å². The predicted molar refractivity (Wildman–Crippen MR) is 122 cm³/mol. The number of ether oxygens (including phenoxy) is 2. The molecule has 158 valence electrons. The van der Waals surface area contributed by atoms with Gasteiger partial charge in [-0.05, 0) is 67.2 Å². The number of carbonyl (C=O) groups is 1. The van der Waals surface area contributed by atoms with Crippen LogP contribution in [0.5, 0.6) is 11.5 Å². The highest BCUT2D eigenvalue weighted by Crippen LogP contribution is 2.31. The number of anilines is 1. The molecule has 0 atom stereocenters. The fraction of sp³-hybridized carbons (Fsp3) is 0.360. The van der Waals surface area contributed by atoms with E-state index in [4.69, 9.17) is 9.47 Å². The smallest absolute Gasteiger partial charge is 0.280 e. The highest BCUT2D eigenvalue weighted by molar-refractivity contribution is 6.32. The number of methoxy groups -OCH3 is 1. The largest absolute Gasteiger partial charge is 0.493 e. The van der Waals surface area contributed by atoms with Crippen molar-refractivity contribution in [2.75, 3.05) is 18.7 Å². The summed E-state index contributed by atoms with van der Waals surface area (Å²) < 4.78 is 11.3. The van der Waals surface area contributed by atoms with Crippen molar-refractivity contribution in [3.63, 3.8) is 0 Å². The third-order valence-electron chi connectivity index (χ3n) is 5.10. The molecule has 1 amide bonds. The van der Waals surface area contributed by atoms with E-state index in [9.17, 15) is 4.79 Å². The van der Waals surface area contributed by atoms with Gasteiger partial charge in [0.2, 0.25) is 0 Å². The minimum atomic E-state index is -0.132. The van der Waals surface area contributed by atoms with Crippen molar-refractivity contribution in [1.29, 1.82) is 0 Å². The second kappa shape index (κ2) is 9.61. The lowest BCUT2D eigenvalue weighted by Gasteiger charge is -2.13. The molecule has 0 aliphatic carbocycles. The van der Waals surface area contributed by atoms with Crippen LogP contribution in [0.4, 0.5) is 5.69 Å². The number of rotatable bonds is 8. The molecule has 5 heteroatoms. The fourth-order valence-electron chi connectivity index (χ4n) is 3.20. The molecule has 0 unspecified atom stereocenters. The zero-order valence-corrected chi connectivity index (χ0v) is 18.4. The molecule has 0 N–H and O–H groups in total. The van der Waals surface area contributed by atoms with Gasteiger partial charge in [-0.3, -0.25) is 4.79 Å². The van der Waals surface area contributed by atoms with Crippen LogP contribution >= 0.6 is 0 Å². The number of hydrazone groups is 1. The van der Waals surface area contributed by atoms with Gasteiger partial charge in [0.25, 0.3) is 5.91 Å². The van der Waals surface area contributed by atoms with E-state index in [1.54, 1.807) is 7.11 Å². The van der Waals surface area contributed by atoms with E-state index in [0.29, 0.717) is 35.3 Å². The zero-order valence-electron chi connectivity index (χ0n) is 18.4. The average Bonchev–Trinajstić information content (AvgIpc) is 3.02. The number of hydrogen-bond donors (Lipinski definition) is 0. The van der Waals surface area contributed by atoms with Gasteiger partial charge in [0.1, 0.15) is 0 Å². The maximum absolute atomic E-state index is 13.0. The first kappa shape index (κ1) is 21.6. The molecule has 0 spiro atoms. The molecule has 0 fully saturated rings. The number of carbonyl (C=O) groups excluding carboxylic acids is 1. The highest BCUT2D eigenvalue weighted by atomic mass is 16.5. The summed E-state index contributed by atoms with van der Waals surface area (Å²) in [6.45, 7) is 8.93. The lowest BCUT2D eigenvalue weighted by Crippen LogP contribution is -2.21. The van der Waals surface area contributed by atoms with Crippen LogP contribution in [0.15, 0.2) is 53.1 Å². The summed E-state index contributed by atoms with van der Waals surface area (Å²) in [6.07, 6.45) is 3.79. The van der Waals surface area contributed by atoms with E-state index >= 15 is 0 Å². The van der Waals surface area contributed by atoms with E-state index in [0.717, 1.165) is 24.1 Å². The maximum atomic E-state index is 13.0. The summed E-state index contributed by atoms with van der Waals surface area (Å²) in [4.78, 5) is 13.0. The average molecular weight is 407 g/mol. The molecule has 2 aromatic rings. The molecular formula is C25H30N2O3. The van der Waals surface area contributed by atoms with E-state index < -0.39 is 0 Å². The zero-order chi connectivity index (χ0) is 21.7. The Bertz CT molecular complexity index is 959. The second-order valence-corrected chi connectivity index (χ2v) is 7.82. The summed E-state index contributed by atoms with van der Waals surface area (Å²) in [5, 5.41) is 5.93. The quantitative estimate of drug-likeness (QED) is 0.545. The predicted octanol–water partition coefficient (Wildman–Crippen LogP) is 5.49. The SMILES string of the molecule is CCc1ccc(N2N=C(C)/C(=C/c3ccc(OCCC(C)C)c(OC)c3)C2=O)cc1. The Hall–Kier alpha value is -3.08. The highest BCUT2D eigenvalue weighted by Gasteiger charge is 2.28. The van der Waals surface area contributed by atoms with E-state index in [-0.39, 0.29) is 5.91 Å². The third-order valence-corrected chi connectivity index (χ3v) is 5.10. The number of aryl methyl sites for hydroxylation is 1. The Morgan fingerprint density at radius 3 is 2.47 bits per heavy atom. The van der Waals surface area contributed by atoms with Gasteiger partial charge in [-0.2, -0.15) is 10.1 Å². The van der Waals surface area contributed by atoms with Crippen molar-refractivity contribution in [3.8, 4) is 11.5 Å². The molecule has 30 heavy (non-hydrogen) atoms. The lowest BCUT2D eigenvalue weighted by molar-refractivity contribution is -0.114. The summed E-state index contributed by atoms with van der Waals surface area (Å²) in [5.41, 5.74) is 4.13. The van der Waals surface area contributed by atoms with E-state index in [1.807, 2.05) is 55.5 Å². The van der Waals surface area contributed by atoms with Crippen LogP contribution in [0.3, 0.4) is 0 Å². The van der Waals surface area contributed by atoms with Gasteiger partial charge in [0.15, 0.2) is 11.5 Å². The molecule has 0 bridgehead atoms. The maximum Gasteiger partial charge on any atom is 0.280 e. The molecule has 0 saturated carbocycles. The number of nitrogens with zero attached hydrogens (tertiary/aromatic N) is 2. The van der Waals surface area contributed by atoms with Crippen LogP contribution < -0.4 is 14.5 Å². The van der Waals surface area contributed by atoms with Crippen LogP contribution in [0.25, 0.3) is 6.08 Å². The summed E-state index contributed by atoms with van der Waals surface area (Å²) >= 11 is 0. The van der Waals surface area contributed by atoms with Gasteiger partial charge in [-0.25, -0.2) is 0 Å². The third kappa shape index (κ3) is 4.90. The summed E-state index contributed by atoms with van der Waals surface area (Å²) in [5.74, 6) is 1.81. The Morgan fingerprint density at radius 2 is 1.83 bits per heavy atom. The molecule has 1 aliphatic rings. The van der Waals surface area contributed by atoms with Crippen molar-refractivity contribution < 1.29 is 14.3 Å². The summed E-state index contributed by atoms with van der Waals surface area (Å²) in [6, 6.07) is 13.6. The molecular weight excluding hydrogens is 376 g/mol. The molecule has 0 aromatic heterocycles. The molecule has 0 radical (unpaired) electrons. The van der Waals surface area contributed by atoms with Crippen molar-refractivity contribution >= 4 is 23.4 Å². The van der Waals surface area contributed by atoms with Crippen LogP contribution in [-0.4, -0.2) is 25.3 Å². The Morgan fingerprint density at radius 1 is 1.10 bits per heavy atom. The molecule has 3 rings (SSSR count). The van der Waals surface area contributed by atoms with Gasteiger partial charge in [-0.15, -0.1) is 0 Å². The topological polar surface area (TPSA) is 51.1 Å². The monoisotopic (exact) mass is 406 g/mol. The van der Waals surface area contributed by atoms with Crippen molar-refractivity contribution in [2.45, 2.75) is 40.5 Å². The minimum absolute atomic E-state index is 0.132. The number of benzene rings is 2. The number of hydrogen-bond acceptors (Lipinski definition) is 4. The number of amides is 1. The van der Waals surface area contributed by atoms with Gasteiger partial charge >= 0.3 is 0 Å². The van der Waals surface area contributed by atoms with Crippen LogP contribution in [0, 0.1) is 5.92 Å². The van der Waals surface area contributed by atoms with Gasteiger partial charge < -0.3 is 9.47 Å². The Labute approximate surface area is 179 Å². The normalized spacial score (nSPS) is 15.1. The lowest BCUT2D eigenvalue weighted by atomic mass is 10.1. The first-order chi connectivity index (χ1) is 14.4. The summed E-state index contributed by atoms with van der Waals surface area (Å²) in [7, 11) is 1.62.